The second-order valence-corrected chi connectivity index (χ2v) is 1.10. The minimum absolute atomic E-state index is 0.361. The molecular formula is C2H6N4O. The average Bonchev–Trinajstić information content (AvgIpc) is 1.91. The van der Waals surface area contributed by atoms with Crippen molar-refractivity contribution >= 4 is 0 Å². The van der Waals surface area contributed by atoms with Gasteiger partial charge >= 0.3 is 0 Å². The summed E-state index contributed by atoms with van der Waals surface area (Å²) < 4.78 is 0. The second-order valence-electron chi connectivity index (χ2n) is 1.10. The lowest BCUT2D eigenvalue weighted by atomic mass is 10.8. The SMILES string of the molecule is NC1=CNON1N. The molecule has 40 valence electrons. The molecule has 1 heterocycles. The molecule has 0 unspecified atom stereocenters. The molecule has 7 heavy (non-hydrogen) atoms. The number of nitrogens with two attached hydrogens (primary N) is 2. The van der Waals surface area contributed by atoms with Crippen molar-refractivity contribution in [2.24, 2.45) is 11.6 Å². The van der Waals surface area contributed by atoms with Gasteiger partial charge in [-0.2, -0.15) is 0 Å². The van der Waals surface area contributed by atoms with Crippen LogP contribution in [-0.2, 0) is 4.94 Å². The Morgan fingerprint density at radius 1 is 1.86 bits per heavy atom. The van der Waals surface area contributed by atoms with Gasteiger partial charge in [-0.15, -0.1) is 10.1 Å². The summed E-state index contributed by atoms with van der Waals surface area (Å²) >= 11 is 0. The zero-order valence-corrected chi connectivity index (χ0v) is 3.59. The lowest BCUT2D eigenvalue weighted by Gasteiger charge is -2.05. The number of rotatable bonds is 0. The van der Waals surface area contributed by atoms with E-state index in [2.05, 4.69) is 10.4 Å². The molecule has 0 saturated carbocycles. The number of hydrogen-bond donors (Lipinski definition) is 3. The van der Waals surface area contributed by atoms with E-state index < -0.39 is 0 Å². The summed E-state index contributed by atoms with van der Waals surface area (Å²) in [7, 11) is 0. The van der Waals surface area contributed by atoms with Gasteiger partial charge in [-0.3, -0.25) is 0 Å². The fraction of sp³-hybridized carbons (Fsp3) is 0. The Hall–Kier alpha value is -0.940. The third kappa shape index (κ3) is 0.577. The quantitative estimate of drug-likeness (QED) is 0.320. The number of nitrogens with zero attached hydrogens (tertiary/aromatic N) is 1. The number of hydrazine groups is 1. The zero-order valence-electron chi connectivity index (χ0n) is 3.59. The predicted octanol–water partition coefficient (Wildman–Crippen LogP) is -1.63. The van der Waals surface area contributed by atoms with Crippen LogP contribution in [0.15, 0.2) is 12.0 Å². The summed E-state index contributed by atoms with van der Waals surface area (Å²) in [5, 5.41) is 0.931. The second kappa shape index (κ2) is 1.28. The summed E-state index contributed by atoms with van der Waals surface area (Å²) in [5.74, 6) is 5.39. The lowest BCUT2D eigenvalue weighted by molar-refractivity contribution is -0.153. The third-order valence-corrected chi connectivity index (χ3v) is 0.612. The highest BCUT2D eigenvalue weighted by atomic mass is 16.8. The molecule has 5 nitrogen and oxygen atoms in total. The van der Waals surface area contributed by atoms with Crippen molar-refractivity contribution in [3.05, 3.63) is 12.0 Å². The fourth-order valence-electron chi connectivity index (χ4n) is 0.260. The molecule has 0 aromatic heterocycles. The van der Waals surface area contributed by atoms with Gasteiger partial charge in [0, 0.05) is 0 Å². The van der Waals surface area contributed by atoms with Crippen molar-refractivity contribution in [3.63, 3.8) is 0 Å². The number of hydrogen-bond acceptors (Lipinski definition) is 5. The van der Waals surface area contributed by atoms with E-state index in [9.17, 15) is 0 Å². The monoisotopic (exact) mass is 102 g/mol. The van der Waals surface area contributed by atoms with Gasteiger partial charge in [0.25, 0.3) is 0 Å². The van der Waals surface area contributed by atoms with E-state index in [1.54, 1.807) is 0 Å². The Kier molecular flexibility index (Phi) is 0.775. The summed E-state index contributed by atoms with van der Waals surface area (Å²) in [5.41, 5.74) is 7.49. The largest absolute Gasteiger partial charge is 0.381 e. The molecule has 1 aliphatic rings. The fourth-order valence-corrected chi connectivity index (χ4v) is 0.260. The first-order valence-corrected chi connectivity index (χ1v) is 1.73. The van der Waals surface area contributed by atoms with Crippen molar-refractivity contribution in [3.8, 4) is 0 Å². The first-order valence-electron chi connectivity index (χ1n) is 1.73. The Morgan fingerprint density at radius 2 is 2.57 bits per heavy atom. The standard InChI is InChI=1S/C2H6N4O/c3-2-1-5-7-6(2)4/h1,5H,3-4H2. The van der Waals surface area contributed by atoms with Crippen molar-refractivity contribution in [1.29, 1.82) is 0 Å². The molecule has 0 radical (unpaired) electrons. The molecule has 0 saturated heterocycles. The van der Waals surface area contributed by atoms with Crippen LogP contribution in [0.25, 0.3) is 0 Å². The van der Waals surface area contributed by atoms with Crippen molar-refractivity contribution in [1.82, 2.24) is 10.7 Å². The van der Waals surface area contributed by atoms with E-state index in [4.69, 9.17) is 11.6 Å². The average molecular weight is 102 g/mol. The van der Waals surface area contributed by atoms with E-state index >= 15 is 0 Å². The van der Waals surface area contributed by atoms with Crippen molar-refractivity contribution in [2.75, 3.05) is 0 Å². The Labute approximate surface area is 40.4 Å². The molecular weight excluding hydrogens is 96.0 g/mol. The minimum Gasteiger partial charge on any atom is -0.381 e. The Balaban J connectivity index is 2.54. The highest BCUT2D eigenvalue weighted by Gasteiger charge is 2.05. The summed E-state index contributed by atoms with van der Waals surface area (Å²) in [6, 6.07) is 0. The van der Waals surface area contributed by atoms with Crippen LogP contribution in [0.5, 0.6) is 0 Å². The molecule has 0 spiro atoms. The molecule has 0 aromatic rings. The summed E-state index contributed by atoms with van der Waals surface area (Å²) in [6.45, 7) is 0. The van der Waals surface area contributed by atoms with E-state index in [0.717, 1.165) is 5.17 Å². The highest BCUT2D eigenvalue weighted by Crippen LogP contribution is 1.92. The van der Waals surface area contributed by atoms with Gasteiger partial charge in [0.05, 0.1) is 6.20 Å². The first kappa shape index (κ1) is 4.23. The van der Waals surface area contributed by atoms with Crippen LogP contribution in [0.2, 0.25) is 0 Å². The summed E-state index contributed by atoms with van der Waals surface area (Å²) in [4.78, 5) is 4.41. The van der Waals surface area contributed by atoms with Gasteiger partial charge in [0.2, 0.25) is 0 Å². The molecule has 0 aromatic carbocycles. The maximum Gasteiger partial charge on any atom is 0.163 e. The molecule has 5 N–H and O–H groups in total. The Bertz CT molecular complexity index is 99.9. The smallest absolute Gasteiger partial charge is 0.163 e. The normalized spacial score (nSPS) is 19.0. The molecule has 0 fully saturated rings. The number of nitrogens with one attached hydrogen (secondary N) is 1. The maximum absolute atomic E-state index is 5.15. The van der Waals surface area contributed by atoms with Crippen LogP contribution in [-0.4, -0.2) is 5.17 Å². The number of hydroxylamine groups is 2. The van der Waals surface area contributed by atoms with Gasteiger partial charge in [-0.25, -0.2) is 11.3 Å². The Morgan fingerprint density at radius 3 is 2.71 bits per heavy atom. The van der Waals surface area contributed by atoms with E-state index in [1.807, 2.05) is 0 Å². The van der Waals surface area contributed by atoms with Gasteiger partial charge in [-0.05, 0) is 0 Å². The summed E-state index contributed by atoms with van der Waals surface area (Å²) in [6.07, 6.45) is 1.44. The van der Waals surface area contributed by atoms with E-state index in [-0.39, 0.29) is 0 Å². The minimum atomic E-state index is 0.361. The molecule has 0 atom stereocenters. The molecule has 0 aliphatic carbocycles. The lowest BCUT2D eigenvalue weighted by Crippen LogP contribution is -2.31. The highest BCUT2D eigenvalue weighted by molar-refractivity contribution is 4.90. The first-order chi connectivity index (χ1) is 3.30. The molecule has 0 bridgehead atoms. The van der Waals surface area contributed by atoms with Crippen LogP contribution < -0.4 is 17.1 Å². The zero-order chi connectivity index (χ0) is 5.28. The molecule has 1 rings (SSSR count). The van der Waals surface area contributed by atoms with E-state index in [0.29, 0.717) is 5.82 Å². The van der Waals surface area contributed by atoms with Gasteiger partial charge in [0.15, 0.2) is 5.82 Å². The van der Waals surface area contributed by atoms with Crippen LogP contribution >= 0.6 is 0 Å². The van der Waals surface area contributed by atoms with Gasteiger partial charge in [0.1, 0.15) is 0 Å². The van der Waals surface area contributed by atoms with Gasteiger partial charge < -0.3 is 5.73 Å². The molecule has 5 heteroatoms. The van der Waals surface area contributed by atoms with Crippen LogP contribution in [0.3, 0.4) is 0 Å². The third-order valence-electron chi connectivity index (χ3n) is 0.612. The van der Waals surface area contributed by atoms with Crippen molar-refractivity contribution < 1.29 is 4.94 Å². The van der Waals surface area contributed by atoms with Crippen LogP contribution in [0.4, 0.5) is 0 Å². The molecule has 1 aliphatic heterocycles. The van der Waals surface area contributed by atoms with Crippen LogP contribution in [0, 0.1) is 0 Å². The van der Waals surface area contributed by atoms with Gasteiger partial charge in [-0.1, -0.05) is 0 Å². The molecule has 0 amide bonds. The van der Waals surface area contributed by atoms with Crippen LogP contribution in [0.1, 0.15) is 0 Å². The predicted molar refractivity (Wildman–Crippen MR) is 22.5 cm³/mol. The topological polar surface area (TPSA) is 76.5 Å². The van der Waals surface area contributed by atoms with E-state index in [1.165, 1.54) is 6.20 Å². The maximum atomic E-state index is 5.15. The van der Waals surface area contributed by atoms with Crippen molar-refractivity contribution in [2.45, 2.75) is 0 Å².